The maximum atomic E-state index is 12.7. The number of benzene rings is 2. The molecule has 122 valence electrons. The number of aromatic nitrogens is 2. The number of nitrogens with zero attached hydrogens (tertiary/aromatic N) is 2. The molecule has 1 N–H and O–H groups in total. The smallest absolute Gasteiger partial charge is 0.251 e. The normalized spacial score (nSPS) is 16.0. The Morgan fingerprint density at radius 2 is 2.08 bits per heavy atom. The number of aryl methyl sites for hydroxylation is 3. The molecule has 2 aromatic carbocycles. The third-order valence-electron chi connectivity index (χ3n) is 4.62. The van der Waals surface area contributed by atoms with Crippen molar-refractivity contribution in [2.24, 2.45) is 7.05 Å². The van der Waals surface area contributed by atoms with Gasteiger partial charge in [-0.05, 0) is 38.1 Å². The number of hydrogen-bond donors (Lipinski definition) is 1. The number of rotatable bonds is 2. The van der Waals surface area contributed by atoms with Crippen LogP contribution in [0.2, 0.25) is 0 Å². The van der Waals surface area contributed by atoms with Crippen LogP contribution in [0.5, 0.6) is 5.75 Å². The molecule has 3 aromatic rings. The van der Waals surface area contributed by atoms with E-state index in [1.54, 1.807) is 0 Å². The fourth-order valence-electron chi connectivity index (χ4n) is 3.15. The second-order valence-electron chi connectivity index (χ2n) is 6.30. The van der Waals surface area contributed by atoms with Crippen LogP contribution in [0.3, 0.4) is 0 Å². The van der Waals surface area contributed by atoms with E-state index in [1.165, 1.54) is 0 Å². The third-order valence-corrected chi connectivity index (χ3v) is 4.62. The summed E-state index contributed by atoms with van der Waals surface area (Å²) < 4.78 is 7.66. The third kappa shape index (κ3) is 2.33. The van der Waals surface area contributed by atoms with Gasteiger partial charge >= 0.3 is 0 Å². The van der Waals surface area contributed by atoms with Crippen LogP contribution in [0.15, 0.2) is 36.4 Å². The Bertz CT molecular complexity index is 959. The summed E-state index contributed by atoms with van der Waals surface area (Å²) in [5, 5.41) is 3.08. The number of nitrogens with one attached hydrogen (secondary N) is 1. The molecule has 0 spiro atoms. The minimum absolute atomic E-state index is 0.0984. The molecule has 0 aliphatic carbocycles. The molecule has 1 aromatic heterocycles. The van der Waals surface area contributed by atoms with E-state index in [9.17, 15) is 4.79 Å². The summed E-state index contributed by atoms with van der Waals surface area (Å²) in [5.74, 6) is 1.68. The van der Waals surface area contributed by atoms with E-state index in [-0.39, 0.29) is 11.9 Å². The predicted molar refractivity (Wildman–Crippen MR) is 92.3 cm³/mol. The first-order valence-electron chi connectivity index (χ1n) is 8.00. The molecule has 0 saturated carbocycles. The van der Waals surface area contributed by atoms with Crippen LogP contribution < -0.4 is 10.1 Å². The number of carbonyl (C=O) groups is 1. The van der Waals surface area contributed by atoms with Crippen LogP contribution in [0.4, 0.5) is 0 Å². The molecule has 2 heterocycles. The second-order valence-corrected chi connectivity index (χ2v) is 6.30. The fourth-order valence-corrected chi connectivity index (χ4v) is 3.15. The molecule has 24 heavy (non-hydrogen) atoms. The van der Waals surface area contributed by atoms with Crippen LogP contribution in [0, 0.1) is 13.8 Å². The first-order valence-corrected chi connectivity index (χ1v) is 8.00. The van der Waals surface area contributed by atoms with Gasteiger partial charge in [0.25, 0.3) is 5.91 Å². The maximum absolute atomic E-state index is 12.7. The first-order chi connectivity index (χ1) is 11.5. The zero-order chi connectivity index (χ0) is 16.8. The number of ether oxygens (including phenoxy) is 1. The van der Waals surface area contributed by atoms with Gasteiger partial charge in [0.1, 0.15) is 18.2 Å². The summed E-state index contributed by atoms with van der Waals surface area (Å²) in [7, 11) is 1.95. The molecular weight excluding hydrogens is 302 g/mol. The van der Waals surface area contributed by atoms with E-state index >= 15 is 0 Å². The molecule has 1 aliphatic heterocycles. The topological polar surface area (TPSA) is 56.2 Å². The lowest BCUT2D eigenvalue weighted by molar-refractivity contribution is 0.0930. The maximum Gasteiger partial charge on any atom is 0.251 e. The van der Waals surface area contributed by atoms with Gasteiger partial charge in [0, 0.05) is 18.2 Å². The van der Waals surface area contributed by atoms with Crippen LogP contribution in [-0.2, 0) is 7.05 Å². The predicted octanol–water partition coefficient (Wildman–Crippen LogP) is 3.05. The number of hydrogen-bond acceptors (Lipinski definition) is 3. The van der Waals surface area contributed by atoms with Gasteiger partial charge in [-0.2, -0.15) is 0 Å². The lowest BCUT2D eigenvalue weighted by Gasteiger charge is -2.12. The molecule has 1 aliphatic rings. The van der Waals surface area contributed by atoms with Crippen LogP contribution in [-0.4, -0.2) is 22.1 Å². The van der Waals surface area contributed by atoms with Gasteiger partial charge in [-0.1, -0.05) is 17.7 Å². The van der Waals surface area contributed by atoms with Crippen molar-refractivity contribution in [3.63, 3.8) is 0 Å². The van der Waals surface area contributed by atoms with Crippen molar-refractivity contribution in [3.8, 4) is 5.75 Å². The van der Waals surface area contributed by atoms with Crippen molar-refractivity contribution in [2.75, 3.05) is 6.61 Å². The average Bonchev–Trinajstić information content (AvgIpc) is 3.08. The summed E-state index contributed by atoms with van der Waals surface area (Å²) in [4.78, 5) is 17.1. The highest BCUT2D eigenvalue weighted by Gasteiger charge is 2.26. The zero-order valence-electron chi connectivity index (χ0n) is 14.0. The number of imidazole rings is 1. The highest BCUT2D eigenvalue weighted by molar-refractivity contribution is 5.97. The molecule has 5 nitrogen and oxygen atoms in total. The van der Waals surface area contributed by atoms with E-state index in [0.717, 1.165) is 33.7 Å². The van der Waals surface area contributed by atoms with Crippen LogP contribution >= 0.6 is 0 Å². The van der Waals surface area contributed by atoms with Gasteiger partial charge in [-0.3, -0.25) is 4.79 Å². The van der Waals surface area contributed by atoms with E-state index in [4.69, 9.17) is 4.74 Å². The summed E-state index contributed by atoms with van der Waals surface area (Å²) in [6.45, 7) is 4.46. The van der Waals surface area contributed by atoms with Crippen molar-refractivity contribution in [1.29, 1.82) is 0 Å². The Morgan fingerprint density at radius 1 is 1.25 bits per heavy atom. The lowest BCUT2D eigenvalue weighted by atomic mass is 10.1. The fraction of sp³-hybridized carbons (Fsp3) is 0.263. The Hall–Kier alpha value is -2.82. The molecule has 5 heteroatoms. The van der Waals surface area contributed by atoms with Crippen LogP contribution in [0.1, 0.15) is 33.4 Å². The quantitative estimate of drug-likeness (QED) is 0.789. The molecule has 1 amide bonds. The molecule has 0 saturated heterocycles. The summed E-state index contributed by atoms with van der Waals surface area (Å²) in [5.41, 5.74) is 4.69. The molecule has 0 fully saturated rings. The van der Waals surface area contributed by atoms with Gasteiger partial charge in [-0.25, -0.2) is 4.98 Å². The molecule has 1 atom stereocenters. The summed E-state index contributed by atoms with van der Waals surface area (Å²) in [6, 6.07) is 11.5. The molecular formula is C19H19N3O2. The first kappa shape index (κ1) is 14.8. The van der Waals surface area contributed by atoms with Gasteiger partial charge in [0.15, 0.2) is 0 Å². The van der Waals surface area contributed by atoms with Gasteiger partial charge < -0.3 is 14.6 Å². The van der Waals surface area contributed by atoms with Gasteiger partial charge in [0.05, 0.1) is 17.1 Å². The van der Waals surface area contributed by atoms with E-state index < -0.39 is 0 Å². The number of carbonyl (C=O) groups excluding carboxylic acids is 1. The highest BCUT2D eigenvalue weighted by atomic mass is 16.5. The molecule has 0 bridgehead atoms. The minimum Gasteiger partial charge on any atom is -0.491 e. The Labute approximate surface area is 140 Å². The van der Waals surface area contributed by atoms with Crippen molar-refractivity contribution in [3.05, 3.63) is 58.9 Å². The van der Waals surface area contributed by atoms with Gasteiger partial charge in [-0.15, -0.1) is 0 Å². The Morgan fingerprint density at radius 3 is 2.92 bits per heavy atom. The lowest BCUT2D eigenvalue weighted by Crippen LogP contribution is -2.29. The molecule has 1 unspecified atom stereocenters. The summed E-state index contributed by atoms with van der Waals surface area (Å²) >= 11 is 0. The Balaban J connectivity index is 1.62. The van der Waals surface area contributed by atoms with Crippen molar-refractivity contribution >= 4 is 16.9 Å². The van der Waals surface area contributed by atoms with E-state index in [2.05, 4.69) is 16.4 Å². The largest absolute Gasteiger partial charge is 0.491 e. The number of amides is 1. The van der Waals surface area contributed by atoms with Crippen molar-refractivity contribution in [1.82, 2.24) is 14.9 Å². The van der Waals surface area contributed by atoms with Gasteiger partial charge in [0.2, 0.25) is 0 Å². The van der Waals surface area contributed by atoms with E-state index in [1.807, 2.05) is 55.8 Å². The average molecular weight is 321 g/mol. The SMILES string of the molecule is Cc1ccc2c(c1)C(NC(=O)c1ccc3nc(C)n(C)c3c1)CO2. The highest BCUT2D eigenvalue weighted by Crippen LogP contribution is 2.33. The monoisotopic (exact) mass is 321 g/mol. The molecule has 4 rings (SSSR count). The standard InChI is InChI=1S/C19H19N3O2/c1-11-4-7-18-14(8-11)16(10-24-18)21-19(23)13-5-6-15-17(9-13)22(3)12(2)20-15/h4-9,16H,10H2,1-3H3,(H,21,23). The van der Waals surface area contributed by atoms with Crippen molar-refractivity contribution in [2.45, 2.75) is 19.9 Å². The van der Waals surface area contributed by atoms with Crippen LogP contribution in [0.25, 0.3) is 11.0 Å². The molecule has 0 radical (unpaired) electrons. The van der Waals surface area contributed by atoms with E-state index in [0.29, 0.717) is 12.2 Å². The number of fused-ring (bicyclic) bond motifs is 2. The zero-order valence-corrected chi connectivity index (χ0v) is 14.0. The minimum atomic E-state index is -0.114. The Kier molecular flexibility index (Phi) is 3.30. The van der Waals surface area contributed by atoms with Crippen molar-refractivity contribution < 1.29 is 9.53 Å². The summed E-state index contributed by atoms with van der Waals surface area (Å²) in [6.07, 6.45) is 0. The second kappa shape index (κ2) is 5.37.